The third-order valence-electron chi connectivity index (χ3n) is 1.25. The average Bonchev–Trinajstić information content (AvgIpc) is 1.98. The number of aliphatic carboxylic acids is 3. The van der Waals surface area contributed by atoms with Crippen molar-refractivity contribution in [1.29, 1.82) is 0 Å². The van der Waals surface area contributed by atoms with E-state index in [0.29, 0.717) is 0 Å². The van der Waals surface area contributed by atoms with Crippen molar-refractivity contribution < 1.29 is 209 Å². The van der Waals surface area contributed by atoms with Crippen molar-refractivity contribution >= 4 is 24.1 Å². The molecule has 0 unspecified atom stereocenters. The van der Waals surface area contributed by atoms with E-state index in [4.69, 9.17) is 20.1 Å². The summed E-state index contributed by atoms with van der Waals surface area (Å²) >= 11 is 0. The summed E-state index contributed by atoms with van der Waals surface area (Å²) in [6.45, 7) is 0. The van der Waals surface area contributed by atoms with Gasteiger partial charge in [0.1, 0.15) is 5.60 Å². The number of carbonyl (C=O) groups excluding carboxylic acids is 4. The third-order valence-corrected chi connectivity index (χ3v) is 1.25. The smallest absolute Gasteiger partial charge is 0.652 e. The van der Waals surface area contributed by atoms with Gasteiger partial charge in [0.05, 0.1) is 5.97 Å². The molecule has 0 fully saturated rings. The summed E-state index contributed by atoms with van der Waals surface area (Å²) in [6.07, 6.45) is -5.05. The van der Waals surface area contributed by atoms with E-state index < -0.39 is 42.5 Å². The van der Waals surface area contributed by atoms with E-state index in [0.717, 1.165) is 0 Å². The third kappa shape index (κ3) is 39.6. The number of hydrogen-bond acceptors (Lipinski definition) is 10. The molecule has 0 aromatic rings. The second kappa shape index (κ2) is 30.3. The zero-order valence-electron chi connectivity index (χ0n) is 14.0. The number of rotatable bonds is 5. The Hall–Kier alpha value is 2.56. The van der Waals surface area contributed by atoms with Crippen LogP contribution in [0, 0.1) is 0 Å². The van der Waals surface area contributed by atoms with Crippen LogP contribution >= 0.6 is 0 Å². The van der Waals surface area contributed by atoms with Gasteiger partial charge < -0.3 is 60.8 Å². The van der Waals surface area contributed by atoms with E-state index in [9.17, 15) is 29.7 Å². The standard InChI is InChI=1S/C6H8O7.CH2O3.5Na.2H2O/c7-3(8)1-6(13,5(11)12)2-4(9)10;2-1(3)4;;;;;;;/h13H,1-2H2,(H,7,8)(H,9,10)(H,11,12);(H2,2,3,4);;;;;;2*1H2/q;;5*+1;;/p-5. The molecule has 0 spiro atoms. The Morgan fingerprint density at radius 3 is 0.917 bits per heavy atom. The normalized spacial score (nSPS) is 6.88. The average molecular weight is 400 g/mol. The van der Waals surface area contributed by atoms with Gasteiger partial charge in [-0.15, -0.1) is 0 Å². The van der Waals surface area contributed by atoms with Crippen molar-refractivity contribution in [2.45, 2.75) is 18.4 Å². The first-order valence-corrected chi connectivity index (χ1v) is 3.72. The molecule has 0 heterocycles. The molecule has 0 aliphatic rings. The van der Waals surface area contributed by atoms with Crippen LogP contribution in [-0.4, -0.2) is 45.7 Å². The summed E-state index contributed by atoms with van der Waals surface area (Å²) in [4.78, 5) is 38.3. The maximum atomic E-state index is 10.1. The van der Waals surface area contributed by atoms with Crippen LogP contribution in [0.4, 0.5) is 4.79 Å². The molecule has 0 saturated carbocycles. The molecule has 0 aliphatic heterocycles. The summed E-state index contributed by atoms with van der Waals surface area (Å²) in [7, 11) is 0. The molecule has 114 valence electrons. The van der Waals surface area contributed by atoms with Crippen molar-refractivity contribution in [3.05, 3.63) is 0 Å². The number of carboxylic acid groups (broad SMARTS) is 5. The Balaban J connectivity index is -0.0000000266. The van der Waals surface area contributed by atoms with Crippen LogP contribution in [0.1, 0.15) is 12.8 Å². The molecule has 0 radical (unpaired) electrons. The minimum atomic E-state index is -2.97. The molecule has 12 nitrogen and oxygen atoms in total. The van der Waals surface area contributed by atoms with Gasteiger partial charge in [0.25, 0.3) is 0 Å². The molecule has 5 N–H and O–H groups in total. The predicted molar refractivity (Wildman–Crippen MR) is 41.8 cm³/mol. The molecule has 0 atom stereocenters. The van der Waals surface area contributed by atoms with Gasteiger partial charge in [-0.2, -0.15) is 0 Å². The van der Waals surface area contributed by atoms with Crippen LogP contribution < -0.4 is 173 Å². The van der Waals surface area contributed by atoms with Crippen molar-refractivity contribution in [2.24, 2.45) is 0 Å². The minimum Gasteiger partial charge on any atom is -0.652 e. The zero-order chi connectivity index (χ0) is 14.2. The SMILES string of the molecule is O.O.O=C([O-])CC(O)(CC(=O)[O-])C(=O)[O-].O=C([O-])[O-].[Na+].[Na+].[Na+].[Na+].[Na+]. The van der Waals surface area contributed by atoms with Crippen LogP contribution in [0.2, 0.25) is 0 Å². The van der Waals surface area contributed by atoms with Gasteiger partial charge in [-0.25, -0.2) is 0 Å². The summed E-state index contributed by atoms with van der Waals surface area (Å²) in [5.74, 6) is -5.98. The predicted octanol–water partition coefficient (Wildman–Crippen LogP) is -24.3. The molecule has 0 aromatic heterocycles. The minimum absolute atomic E-state index is 0. The fraction of sp³-hybridized carbons (Fsp3) is 0.429. The summed E-state index contributed by atoms with van der Waals surface area (Å²) in [5.41, 5.74) is -2.97. The van der Waals surface area contributed by atoms with Crippen LogP contribution in [0.25, 0.3) is 0 Å². The second-order valence-corrected chi connectivity index (χ2v) is 2.67. The Morgan fingerprint density at radius 2 is 0.833 bits per heavy atom. The first kappa shape index (κ1) is 56.3. The van der Waals surface area contributed by atoms with Gasteiger partial charge in [0.2, 0.25) is 0 Å². The molecular formula is C7H9Na5O12. The van der Waals surface area contributed by atoms with Gasteiger partial charge in [0.15, 0.2) is 0 Å². The van der Waals surface area contributed by atoms with Crippen LogP contribution in [0.15, 0.2) is 0 Å². The van der Waals surface area contributed by atoms with E-state index in [1.807, 2.05) is 0 Å². The molecule has 0 aromatic carbocycles. The van der Waals surface area contributed by atoms with Gasteiger partial charge >= 0.3 is 148 Å². The van der Waals surface area contributed by atoms with E-state index in [1.165, 1.54) is 0 Å². The second-order valence-electron chi connectivity index (χ2n) is 2.67. The van der Waals surface area contributed by atoms with Gasteiger partial charge in [-0.05, 0) is 6.16 Å². The summed E-state index contributed by atoms with van der Waals surface area (Å²) < 4.78 is 0. The van der Waals surface area contributed by atoms with E-state index in [2.05, 4.69) is 0 Å². The van der Waals surface area contributed by atoms with E-state index >= 15 is 0 Å². The van der Waals surface area contributed by atoms with Gasteiger partial charge in [-0.3, -0.25) is 0 Å². The largest absolute Gasteiger partial charge is 1.00 e. The number of carbonyl (C=O) groups is 4. The zero-order valence-corrected chi connectivity index (χ0v) is 24.0. The van der Waals surface area contributed by atoms with Crippen molar-refractivity contribution in [3.63, 3.8) is 0 Å². The van der Waals surface area contributed by atoms with Crippen molar-refractivity contribution in [3.8, 4) is 0 Å². The Kier molecular flexibility index (Phi) is 71.0. The maximum absolute atomic E-state index is 10.1. The quantitative estimate of drug-likeness (QED) is 0.425. The Morgan fingerprint density at radius 1 is 0.667 bits per heavy atom. The molecule has 0 rings (SSSR count). The fourth-order valence-electron chi connectivity index (χ4n) is 0.684. The topological polar surface area (TPSA) is 267 Å². The molecule has 0 saturated heterocycles. The van der Waals surface area contributed by atoms with E-state index in [-0.39, 0.29) is 159 Å². The summed E-state index contributed by atoms with van der Waals surface area (Å²) in [6, 6.07) is 0. The number of carboxylic acids is 3. The monoisotopic (exact) mass is 400 g/mol. The molecule has 0 bridgehead atoms. The van der Waals surface area contributed by atoms with Crippen LogP contribution in [0.5, 0.6) is 0 Å². The molecule has 0 aliphatic carbocycles. The van der Waals surface area contributed by atoms with E-state index in [1.54, 1.807) is 0 Å². The first-order valence-electron chi connectivity index (χ1n) is 3.72. The molecule has 0 amide bonds. The number of aliphatic hydroxyl groups is 1. The molecular weight excluding hydrogens is 391 g/mol. The van der Waals surface area contributed by atoms with Crippen LogP contribution in [0.3, 0.4) is 0 Å². The fourth-order valence-corrected chi connectivity index (χ4v) is 0.684. The first-order chi connectivity index (χ1) is 7.51. The van der Waals surface area contributed by atoms with Gasteiger partial charge in [-0.1, -0.05) is 0 Å². The van der Waals surface area contributed by atoms with Crippen molar-refractivity contribution in [2.75, 3.05) is 0 Å². The van der Waals surface area contributed by atoms with Crippen LogP contribution in [-0.2, 0) is 14.4 Å². The Labute approximate surface area is 246 Å². The summed E-state index contributed by atoms with van der Waals surface area (Å²) in [5, 5.41) is 55.6. The number of hydrogen-bond donors (Lipinski definition) is 1. The molecule has 24 heavy (non-hydrogen) atoms. The Bertz CT molecular complexity index is 318. The van der Waals surface area contributed by atoms with Gasteiger partial charge in [0, 0.05) is 24.8 Å². The maximum Gasteiger partial charge on any atom is 1.00 e. The van der Waals surface area contributed by atoms with Crippen molar-refractivity contribution in [1.82, 2.24) is 0 Å². The molecule has 17 heteroatoms.